The average molecular weight is 265 g/mol. The molecule has 6 nitrogen and oxygen atoms in total. The number of esters is 1. The summed E-state index contributed by atoms with van der Waals surface area (Å²) in [6, 6.07) is 3.35. The number of aryl methyl sites for hydroxylation is 1. The maximum absolute atomic E-state index is 11.8. The zero-order chi connectivity index (χ0) is 13.0. The Morgan fingerprint density at radius 3 is 3.00 bits per heavy atom. The molecule has 7 heteroatoms. The lowest BCUT2D eigenvalue weighted by Gasteiger charge is -2.05. The van der Waals surface area contributed by atoms with E-state index in [1.807, 2.05) is 6.26 Å². The van der Waals surface area contributed by atoms with Gasteiger partial charge in [-0.3, -0.25) is 0 Å². The molecular weight excluding hydrogens is 254 g/mol. The molecule has 0 unspecified atom stereocenters. The lowest BCUT2D eigenvalue weighted by atomic mass is 10.3. The molecule has 0 saturated heterocycles. The van der Waals surface area contributed by atoms with Gasteiger partial charge in [0, 0.05) is 13.1 Å². The molecule has 0 atom stereocenters. The Kier molecular flexibility index (Phi) is 3.93. The topological polar surface area (TPSA) is 78.1 Å². The number of nitrogens with zero attached hydrogens (tertiary/aromatic N) is 3. The zero-order valence-electron chi connectivity index (χ0n) is 9.91. The molecule has 2 aromatic heterocycles. The van der Waals surface area contributed by atoms with Crippen LogP contribution in [-0.4, -0.2) is 27.4 Å². The Morgan fingerprint density at radius 1 is 1.50 bits per heavy atom. The van der Waals surface area contributed by atoms with Gasteiger partial charge in [-0.15, -0.1) is 22.0 Å². The molecule has 2 heterocycles. The highest BCUT2D eigenvalue weighted by molar-refractivity contribution is 7.98. The van der Waals surface area contributed by atoms with Crippen LogP contribution in [0.25, 0.3) is 0 Å². The highest BCUT2D eigenvalue weighted by Gasteiger charge is 2.14. The maximum atomic E-state index is 11.8. The van der Waals surface area contributed by atoms with E-state index in [1.165, 1.54) is 11.8 Å². The summed E-state index contributed by atoms with van der Waals surface area (Å²) in [5.74, 6) is 0.256. The number of rotatable bonds is 4. The summed E-state index contributed by atoms with van der Waals surface area (Å²) < 4.78 is 10.2. The van der Waals surface area contributed by atoms with Crippen molar-refractivity contribution in [1.29, 1.82) is 0 Å². The highest BCUT2D eigenvalue weighted by atomic mass is 32.2. The van der Waals surface area contributed by atoms with Crippen LogP contribution >= 0.6 is 11.8 Å². The number of ether oxygens (including phenoxy) is 1. The van der Waals surface area contributed by atoms with E-state index in [-0.39, 0.29) is 12.5 Å². The predicted octanol–water partition coefficient (Wildman–Crippen LogP) is 1.85. The van der Waals surface area contributed by atoms with Gasteiger partial charge >= 0.3 is 5.97 Å². The molecule has 0 amide bonds. The fourth-order valence-corrected chi connectivity index (χ4v) is 1.85. The van der Waals surface area contributed by atoms with E-state index >= 15 is 0 Å². The Labute approximate surface area is 108 Å². The van der Waals surface area contributed by atoms with Crippen molar-refractivity contribution in [2.75, 3.05) is 6.26 Å². The normalized spacial score (nSPS) is 10.3. The third kappa shape index (κ3) is 2.86. The van der Waals surface area contributed by atoms with E-state index in [0.29, 0.717) is 16.5 Å². The number of aromatic nitrogens is 3. The minimum atomic E-state index is -0.455. The number of thioether (sulfide) groups is 1. The van der Waals surface area contributed by atoms with Gasteiger partial charge < -0.3 is 9.15 Å². The summed E-state index contributed by atoms with van der Waals surface area (Å²) in [4.78, 5) is 15.9. The Bertz CT molecular complexity index is 556. The van der Waals surface area contributed by atoms with Crippen molar-refractivity contribution in [2.24, 2.45) is 0 Å². The van der Waals surface area contributed by atoms with E-state index in [1.54, 1.807) is 25.3 Å². The van der Waals surface area contributed by atoms with Gasteiger partial charge in [-0.2, -0.15) is 0 Å². The number of hydrogen-bond acceptors (Lipinski definition) is 7. The van der Waals surface area contributed by atoms with Gasteiger partial charge in [-0.25, -0.2) is 9.78 Å². The van der Waals surface area contributed by atoms with Crippen LogP contribution in [0.2, 0.25) is 0 Å². The molecule has 0 saturated carbocycles. The Balaban J connectivity index is 2.03. The van der Waals surface area contributed by atoms with Gasteiger partial charge in [0.1, 0.15) is 5.03 Å². The van der Waals surface area contributed by atoms with Crippen LogP contribution in [0.1, 0.15) is 22.1 Å². The standard InChI is InChI=1S/C11H11N3O3S/c1-7-13-14-9(17-7)6-16-11(15)8-4-3-5-12-10(8)18-2/h3-5H,6H2,1-2H3. The molecule has 0 aliphatic carbocycles. The summed E-state index contributed by atoms with van der Waals surface area (Å²) in [6.45, 7) is 1.63. The largest absolute Gasteiger partial charge is 0.452 e. The fraction of sp³-hybridized carbons (Fsp3) is 0.273. The molecule has 0 aromatic carbocycles. The smallest absolute Gasteiger partial charge is 0.341 e. The Morgan fingerprint density at radius 2 is 2.33 bits per heavy atom. The summed E-state index contributed by atoms with van der Waals surface area (Å²) >= 11 is 1.39. The van der Waals surface area contributed by atoms with Crippen molar-refractivity contribution in [3.05, 3.63) is 35.7 Å². The first-order valence-corrected chi connectivity index (χ1v) is 6.38. The highest BCUT2D eigenvalue weighted by Crippen LogP contribution is 2.18. The van der Waals surface area contributed by atoms with Crippen molar-refractivity contribution in [2.45, 2.75) is 18.6 Å². The average Bonchev–Trinajstić information content (AvgIpc) is 2.81. The van der Waals surface area contributed by atoms with Gasteiger partial charge in [0.25, 0.3) is 5.89 Å². The molecule has 2 rings (SSSR count). The monoisotopic (exact) mass is 265 g/mol. The van der Waals surface area contributed by atoms with Crippen molar-refractivity contribution < 1.29 is 13.9 Å². The molecule has 0 aliphatic rings. The second-order valence-electron chi connectivity index (χ2n) is 3.35. The van der Waals surface area contributed by atoms with Crippen LogP contribution in [0, 0.1) is 6.92 Å². The molecule has 0 bridgehead atoms. The number of carbonyl (C=O) groups is 1. The van der Waals surface area contributed by atoms with E-state index in [9.17, 15) is 4.79 Å². The van der Waals surface area contributed by atoms with Crippen LogP contribution in [-0.2, 0) is 11.3 Å². The zero-order valence-corrected chi connectivity index (χ0v) is 10.7. The molecule has 94 valence electrons. The maximum Gasteiger partial charge on any atom is 0.341 e. The summed E-state index contributed by atoms with van der Waals surface area (Å²) in [7, 11) is 0. The minimum Gasteiger partial charge on any atom is -0.452 e. The first kappa shape index (κ1) is 12.6. The molecule has 2 aromatic rings. The third-order valence-electron chi connectivity index (χ3n) is 2.08. The lowest BCUT2D eigenvalue weighted by molar-refractivity contribution is 0.0432. The van der Waals surface area contributed by atoms with Gasteiger partial charge in [0.2, 0.25) is 5.89 Å². The van der Waals surface area contributed by atoms with Crippen LogP contribution in [0.3, 0.4) is 0 Å². The van der Waals surface area contributed by atoms with Gasteiger partial charge in [0.15, 0.2) is 6.61 Å². The van der Waals surface area contributed by atoms with Crippen molar-refractivity contribution in [3.8, 4) is 0 Å². The quantitative estimate of drug-likeness (QED) is 0.616. The molecular formula is C11H11N3O3S. The van der Waals surface area contributed by atoms with Gasteiger partial charge in [-0.1, -0.05) is 0 Å². The fourth-order valence-electron chi connectivity index (χ4n) is 1.31. The van der Waals surface area contributed by atoms with Crippen molar-refractivity contribution in [1.82, 2.24) is 15.2 Å². The summed E-state index contributed by atoms with van der Waals surface area (Å²) in [5.41, 5.74) is 0.432. The minimum absolute atomic E-state index is 0.0393. The van der Waals surface area contributed by atoms with E-state index in [4.69, 9.17) is 9.15 Å². The molecule has 0 radical (unpaired) electrons. The van der Waals surface area contributed by atoms with Crippen molar-refractivity contribution >= 4 is 17.7 Å². The SMILES string of the molecule is CSc1ncccc1C(=O)OCc1nnc(C)o1. The molecule has 0 spiro atoms. The molecule has 0 N–H and O–H groups in total. The molecule has 0 aliphatic heterocycles. The number of hydrogen-bond donors (Lipinski definition) is 0. The third-order valence-corrected chi connectivity index (χ3v) is 2.79. The number of pyridine rings is 1. The number of carbonyl (C=O) groups excluding carboxylic acids is 1. The summed E-state index contributed by atoms with van der Waals surface area (Å²) in [5, 5.41) is 8.01. The van der Waals surface area contributed by atoms with E-state index < -0.39 is 5.97 Å². The second kappa shape index (κ2) is 5.63. The molecule has 18 heavy (non-hydrogen) atoms. The van der Waals surface area contributed by atoms with Gasteiger partial charge in [-0.05, 0) is 18.4 Å². The second-order valence-corrected chi connectivity index (χ2v) is 4.15. The van der Waals surface area contributed by atoms with Crippen LogP contribution in [0.5, 0.6) is 0 Å². The van der Waals surface area contributed by atoms with E-state index in [0.717, 1.165) is 0 Å². The van der Waals surface area contributed by atoms with Crippen molar-refractivity contribution in [3.63, 3.8) is 0 Å². The Hall–Kier alpha value is -1.89. The first-order chi connectivity index (χ1) is 8.70. The van der Waals surface area contributed by atoms with Crippen LogP contribution in [0.4, 0.5) is 0 Å². The van der Waals surface area contributed by atoms with E-state index in [2.05, 4.69) is 15.2 Å². The van der Waals surface area contributed by atoms with Crippen LogP contribution < -0.4 is 0 Å². The predicted molar refractivity (Wildman–Crippen MR) is 64.2 cm³/mol. The first-order valence-electron chi connectivity index (χ1n) is 5.16. The molecule has 0 fully saturated rings. The summed E-state index contributed by atoms with van der Waals surface area (Å²) in [6.07, 6.45) is 3.48. The van der Waals surface area contributed by atoms with Crippen LogP contribution in [0.15, 0.2) is 27.8 Å². The van der Waals surface area contributed by atoms with Gasteiger partial charge in [0.05, 0.1) is 5.56 Å². The lowest BCUT2D eigenvalue weighted by Crippen LogP contribution is -2.07.